The molecule has 128 valence electrons. The lowest BCUT2D eigenvalue weighted by atomic mass is 9.72. The van der Waals surface area contributed by atoms with Crippen LogP contribution in [-0.2, 0) is 14.3 Å². The molecular weight excluding hydrogens is 306 g/mol. The number of nitrogens with zero attached hydrogens (tertiary/aromatic N) is 1. The third kappa shape index (κ3) is 4.68. The van der Waals surface area contributed by atoms with E-state index in [-0.39, 0.29) is 22.8 Å². The van der Waals surface area contributed by atoms with Crippen molar-refractivity contribution in [3.63, 3.8) is 0 Å². The van der Waals surface area contributed by atoms with E-state index in [2.05, 4.69) is 4.99 Å². The summed E-state index contributed by atoms with van der Waals surface area (Å²) in [6, 6.07) is 6.80. The second-order valence-electron chi connectivity index (χ2n) is 6.92. The summed E-state index contributed by atoms with van der Waals surface area (Å²) in [5.41, 5.74) is 0.948. The van der Waals surface area contributed by atoms with Crippen molar-refractivity contribution in [2.45, 2.75) is 33.1 Å². The van der Waals surface area contributed by atoms with Crippen LogP contribution in [0.3, 0.4) is 0 Å². The van der Waals surface area contributed by atoms with Gasteiger partial charge in [-0.25, -0.2) is 0 Å². The minimum absolute atomic E-state index is 0.00671. The van der Waals surface area contributed by atoms with E-state index in [1.165, 1.54) is 6.21 Å². The van der Waals surface area contributed by atoms with E-state index in [0.29, 0.717) is 37.1 Å². The Morgan fingerprint density at radius 2 is 1.79 bits per heavy atom. The first-order valence-electron chi connectivity index (χ1n) is 8.04. The second-order valence-corrected chi connectivity index (χ2v) is 6.92. The number of carbonyl (C=O) groups is 3. The van der Waals surface area contributed by atoms with E-state index >= 15 is 0 Å². The van der Waals surface area contributed by atoms with Gasteiger partial charge in [-0.2, -0.15) is 0 Å². The molecule has 1 aromatic carbocycles. The van der Waals surface area contributed by atoms with E-state index in [4.69, 9.17) is 4.74 Å². The summed E-state index contributed by atoms with van der Waals surface area (Å²) in [6.45, 7) is 4.24. The van der Waals surface area contributed by atoms with Crippen molar-refractivity contribution in [3.05, 3.63) is 29.8 Å². The van der Waals surface area contributed by atoms with Crippen molar-refractivity contribution in [2.24, 2.45) is 16.3 Å². The molecule has 1 saturated carbocycles. The number of ether oxygens (including phenoxy) is 1. The highest BCUT2D eigenvalue weighted by atomic mass is 16.5. The summed E-state index contributed by atoms with van der Waals surface area (Å²) < 4.78 is 4.89. The molecule has 24 heavy (non-hydrogen) atoms. The third-order valence-corrected chi connectivity index (χ3v) is 4.09. The molecule has 1 aliphatic rings. The largest absolute Gasteiger partial charge is 0.384 e. The molecule has 1 aromatic rings. The van der Waals surface area contributed by atoms with E-state index < -0.39 is 5.92 Å². The van der Waals surface area contributed by atoms with Crippen LogP contribution in [0, 0.1) is 11.3 Å². The Bertz CT molecular complexity index is 638. The number of benzene rings is 1. The van der Waals surface area contributed by atoms with Crippen LogP contribution in [-0.4, -0.2) is 37.3 Å². The van der Waals surface area contributed by atoms with Gasteiger partial charge in [-0.3, -0.25) is 19.4 Å². The SMILES string of the molecule is COCCC(=O)c1ccc(N=CC2C(=O)CC(C)(C)CC2=O)cc1. The Morgan fingerprint density at radius 3 is 2.33 bits per heavy atom. The van der Waals surface area contributed by atoms with E-state index in [0.717, 1.165) is 0 Å². The second kappa shape index (κ2) is 7.62. The molecule has 2 rings (SSSR count). The third-order valence-electron chi connectivity index (χ3n) is 4.09. The summed E-state index contributed by atoms with van der Waals surface area (Å²) in [7, 11) is 1.56. The molecule has 1 fully saturated rings. The number of rotatable bonds is 6. The van der Waals surface area contributed by atoms with Crippen LogP contribution in [0.5, 0.6) is 0 Å². The van der Waals surface area contributed by atoms with Crippen molar-refractivity contribution in [1.29, 1.82) is 0 Å². The average Bonchev–Trinajstić information content (AvgIpc) is 2.51. The van der Waals surface area contributed by atoms with Gasteiger partial charge in [0.1, 0.15) is 17.5 Å². The van der Waals surface area contributed by atoms with Crippen molar-refractivity contribution in [1.82, 2.24) is 0 Å². The number of carbonyl (C=O) groups excluding carboxylic acids is 3. The molecule has 0 heterocycles. The molecule has 5 heteroatoms. The summed E-state index contributed by atoms with van der Waals surface area (Å²) >= 11 is 0. The molecular formula is C19H23NO4. The van der Waals surface area contributed by atoms with Gasteiger partial charge in [0.05, 0.1) is 12.3 Å². The first-order chi connectivity index (χ1) is 11.3. The number of hydrogen-bond donors (Lipinski definition) is 0. The summed E-state index contributed by atoms with van der Waals surface area (Å²) in [5.74, 6) is -0.897. The molecule has 0 radical (unpaired) electrons. The molecule has 0 aromatic heterocycles. The van der Waals surface area contributed by atoms with Gasteiger partial charge in [0.25, 0.3) is 0 Å². The minimum atomic E-state index is -0.749. The van der Waals surface area contributed by atoms with Gasteiger partial charge in [0.15, 0.2) is 5.78 Å². The van der Waals surface area contributed by atoms with Gasteiger partial charge in [0, 0.05) is 38.2 Å². The van der Waals surface area contributed by atoms with Crippen LogP contribution in [0.1, 0.15) is 43.5 Å². The highest BCUT2D eigenvalue weighted by molar-refractivity contribution is 6.16. The molecule has 0 atom stereocenters. The highest BCUT2D eigenvalue weighted by Crippen LogP contribution is 2.33. The highest BCUT2D eigenvalue weighted by Gasteiger charge is 2.38. The maximum Gasteiger partial charge on any atom is 0.165 e. The van der Waals surface area contributed by atoms with Crippen molar-refractivity contribution in [3.8, 4) is 0 Å². The standard InChI is InChI=1S/C19H23NO4/c1-19(2)10-17(22)15(18(23)11-19)12-20-14-6-4-13(5-7-14)16(21)8-9-24-3/h4-7,12,15H,8-11H2,1-3H3. The van der Waals surface area contributed by atoms with E-state index in [1.807, 2.05) is 13.8 Å². The van der Waals surface area contributed by atoms with Gasteiger partial charge in [-0.1, -0.05) is 13.8 Å². The fraction of sp³-hybridized carbons (Fsp3) is 0.474. The Labute approximate surface area is 142 Å². The van der Waals surface area contributed by atoms with Crippen LogP contribution in [0.4, 0.5) is 5.69 Å². The Hall–Kier alpha value is -2.14. The van der Waals surface area contributed by atoms with Crippen LogP contribution in [0.2, 0.25) is 0 Å². The van der Waals surface area contributed by atoms with Gasteiger partial charge in [-0.15, -0.1) is 0 Å². The molecule has 0 amide bonds. The Balaban J connectivity index is 2.03. The molecule has 0 spiro atoms. The smallest absolute Gasteiger partial charge is 0.165 e. The molecule has 1 aliphatic carbocycles. The van der Waals surface area contributed by atoms with Crippen molar-refractivity contribution in [2.75, 3.05) is 13.7 Å². The zero-order valence-corrected chi connectivity index (χ0v) is 14.4. The van der Waals surface area contributed by atoms with Crippen molar-refractivity contribution >= 4 is 29.3 Å². The number of Topliss-reactive ketones (excluding diaryl/α,β-unsaturated/α-hetero) is 3. The maximum absolute atomic E-state index is 12.1. The lowest BCUT2D eigenvalue weighted by Gasteiger charge is -2.30. The fourth-order valence-electron chi connectivity index (χ4n) is 2.80. The predicted octanol–water partition coefficient (Wildman–Crippen LogP) is 3.18. The predicted molar refractivity (Wildman–Crippen MR) is 91.9 cm³/mol. The summed E-state index contributed by atoms with van der Waals surface area (Å²) in [6.07, 6.45) is 2.55. The number of hydrogen-bond acceptors (Lipinski definition) is 5. The quantitative estimate of drug-likeness (QED) is 0.456. The van der Waals surface area contributed by atoms with Crippen LogP contribution in [0.25, 0.3) is 0 Å². The van der Waals surface area contributed by atoms with Gasteiger partial charge < -0.3 is 4.74 Å². The van der Waals surface area contributed by atoms with E-state index in [9.17, 15) is 14.4 Å². The van der Waals surface area contributed by atoms with Gasteiger partial charge >= 0.3 is 0 Å². The first-order valence-corrected chi connectivity index (χ1v) is 8.04. The van der Waals surface area contributed by atoms with Gasteiger partial charge in [0.2, 0.25) is 0 Å². The minimum Gasteiger partial charge on any atom is -0.384 e. The van der Waals surface area contributed by atoms with Gasteiger partial charge in [-0.05, 0) is 29.7 Å². The Kier molecular flexibility index (Phi) is 5.78. The zero-order chi connectivity index (χ0) is 17.7. The van der Waals surface area contributed by atoms with E-state index in [1.54, 1.807) is 31.4 Å². The number of methoxy groups -OCH3 is 1. The number of ketones is 3. The molecule has 0 aliphatic heterocycles. The molecule has 5 nitrogen and oxygen atoms in total. The lowest BCUT2D eigenvalue weighted by Crippen LogP contribution is -2.38. The average molecular weight is 329 g/mol. The maximum atomic E-state index is 12.1. The monoisotopic (exact) mass is 329 g/mol. The zero-order valence-electron chi connectivity index (χ0n) is 14.4. The first kappa shape index (κ1) is 18.2. The van der Waals surface area contributed by atoms with Crippen LogP contribution in [0.15, 0.2) is 29.3 Å². The summed E-state index contributed by atoms with van der Waals surface area (Å²) in [5, 5.41) is 0. The van der Waals surface area contributed by atoms with Crippen molar-refractivity contribution < 1.29 is 19.1 Å². The number of aliphatic imine (C=N–C) groups is 1. The normalized spacial score (nSPS) is 18.3. The molecule has 0 unspecified atom stereocenters. The van der Waals surface area contributed by atoms with Crippen LogP contribution < -0.4 is 0 Å². The fourth-order valence-corrected chi connectivity index (χ4v) is 2.80. The Morgan fingerprint density at radius 1 is 1.21 bits per heavy atom. The molecule has 0 saturated heterocycles. The molecule has 0 bridgehead atoms. The van der Waals surface area contributed by atoms with Crippen LogP contribution >= 0.6 is 0 Å². The topological polar surface area (TPSA) is 72.8 Å². The summed E-state index contributed by atoms with van der Waals surface area (Å²) in [4.78, 5) is 40.3. The lowest BCUT2D eigenvalue weighted by molar-refractivity contribution is -0.136. The molecule has 0 N–H and O–H groups in total.